The van der Waals surface area contributed by atoms with Crippen LogP contribution in [0.4, 0.5) is 9.59 Å². The number of fused-ring (bicyclic) bond motifs is 4. The average molecular weight is 672 g/mol. The molecule has 2 heterocycles. The first-order valence-electron chi connectivity index (χ1n) is 19.4. The molecule has 0 radical (unpaired) electrons. The maximum Gasteiger partial charge on any atom is 0.409 e. The standard InChI is InChI=1S/C39H65N3O6/c1-11-42-19-24(20-42)40-33(44)47-28-14-15-38-21-39(38)17-16-36(7)29-23(4)18-25(30(22(2)3)48-34(45)41(9)10)46-31(29)32(43)37(36,8)27(39)13-12-26(38)35(28,5)6/h22-32,43H,11-21H2,1-10H3,(H,40,44)/t23-,25?,26+,27?,28?,29+,30?,31?,32+,36?,37-,38?,39?/m1/s1. The average Bonchev–Trinajstić information content (AvgIpc) is 3.63. The van der Waals surface area contributed by atoms with Crippen molar-refractivity contribution < 1.29 is 28.9 Å². The number of carbonyl (C=O) groups is 2. The number of nitrogens with one attached hydrogen (secondary N) is 1. The fraction of sp³-hybridized carbons (Fsp3) is 0.949. The van der Waals surface area contributed by atoms with Crippen LogP contribution in [0.2, 0.25) is 0 Å². The lowest BCUT2D eigenvalue weighted by Crippen LogP contribution is -2.61. The Bertz CT molecular complexity index is 1280. The highest BCUT2D eigenvalue weighted by Crippen LogP contribution is 2.89. The molecule has 48 heavy (non-hydrogen) atoms. The van der Waals surface area contributed by atoms with Crippen LogP contribution < -0.4 is 5.32 Å². The molecular weight excluding hydrogens is 606 g/mol. The fourth-order valence-corrected chi connectivity index (χ4v) is 13.8. The van der Waals surface area contributed by atoms with Gasteiger partial charge in [0.2, 0.25) is 0 Å². The van der Waals surface area contributed by atoms with E-state index in [0.29, 0.717) is 17.8 Å². The zero-order chi connectivity index (χ0) is 34.8. The third-order valence-corrected chi connectivity index (χ3v) is 16.4. The van der Waals surface area contributed by atoms with E-state index in [4.69, 9.17) is 14.2 Å². The number of alkyl carbamates (subject to hydrolysis) is 1. The van der Waals surface area contributed by atoms with Crippen molar-refractivity contribution in [3.63, 3.8) is 0 Å². The number of hydrogen-bond donors (Lipinski definition) is 2. The van der Waals surface area contributed by atoms with Crippen molar-refractivity contribution in [2.75, 3.05) is 33.7 Å². The summed E-state index contributed by atoms with van der Waals surface area (Å²) in [4.78, 5) is 29.5. The second-order valence-corrected chi connectivity index (χ2v) is 19.1. The van der Waals surface area contributed by atoms with Crippen molar-refractivity contribution in [3.8, 4) is 0 Å². The van der Waals surface area contributed by atoms with E-state index >= 15 is 0 Å². The van der Waals surface area contributed by atoms with Crippen LogP contribution in [0.1, 0.15) is 107 Å². The van der Waals surface area contributed by atoms with E-state index in [-0.39, 0.29) is 81.6 Å². The molecule has 7 fully saturated rings. The van der Waals surface area contributed by atoms with E-state index in [1.807, 2.05) is 0 Å². The Morgan fingerprint density at radius 3 is 2.33 bits per heavy atom. The van der Waals surface area contributed by atoms with Gasteiger partial charge in [0.25, 0.3) is 0 Å². The Balaban J connectivity index is 1.10. The molecule has 7 rings (SSSR count). The molecule has 0 aromatic rings. The lowest BCUT2D eigenvalue weighted by molar-refractivity contribution is -0.185. The van der Waals surface area contributed by atoms with Gasteiger partial charge in [0.1, 0.15) is 12.2 Å². The summed E-state index contributed by atoms with van der Waals surface area (Å²) in [6.45, 7) is 21.2. The molecule has 5 aliphatic carbocycles. The zero-order valence-corrected chi connectivity index (χ0v) is 31.5. The highest BCUT2D eigenvalue weighted by molar-refractivity contribution is 5.68. The largest absolute Gasteiger partial charge is 0.446 e. The Labute approximate surface area is 289 Å². The van der Waals surface area contributed by atoms with Crippen molar-refractivity contribution in [3.05, 3.63) is 0 Å². The van der Waals surface area contributed by atoms with Crippen LogP contribution in [0, 0.1) is 56.7 Å². The van der Waals surface area contributed by atoms with E-state index in [2.05, 4.69) is 65.6 Å². The minimum absolute atomic E-state index is 0.0234. The fourth-order valence-electron chi connectivity index (χ4n) is 13.8. The molecule has 2 aliphatic heterocycles. The number of rotatable bonds is 6. The lowest BCUT2D eigenvalue weighted by atomic mass is 9.41. The predicted octanol–water partition coefficient (Wildman–Crippen LogP) is 6.32. The van der Waals surface area contributed by atoms with Gasteiger partial charge in [-0.05, 0) is 104 Å². The van der Waals surface area contributed by atoms with E-state index < -0.39 is 6.10 Å². The molecule has 9 heteroatoms. The summed E-state index contributed by atoms with van der Waals surface area (Å²) in [6.07, 6.45) is 6.64. The maximum atomic E-state index is 13.0. The summed E-state index contributed by atoms with van der Waals surface area (Å²) in [6, 6.07) is 0.197. The van der Waals surface area contributed by atoms with E-state index in [1.54, 1.807) is 14.1 Å². The third-order valence-electron chi connectivity index (χ3n) is 16.4. The van der Waals surface area contributed by atoms with E-state index in [1.165, 1.54) is 17.7 Å². The monoisotopic (exact) mass is 671 g/mol. The van der Waals surface area contributed by atoms with Gasteiger partial charge in [0.05, 0.1) is 24.4 Å². The van der Waals surface area contributed by atoms with Gasteiger partial charge < -0.3 is 29.5 Å². The number of ether oxygens (including phenoxy) is 3. The van der Waals surface area contributed by atoms with Crippen LogP contribution in [0.15, 0.2) is 0 Å². The highest BCUT2D eigenvalue weighted by Gasteiger charge is 2.84. The van der Waals surface area contributed by atoms with Gasteiger partial charge in [0.15, 0.2) is 0 Å². The van der Waals surface area contributed by atoms with Crippen LogP contribution in [0.3, 0.4) is 0 Å². The topological polar surface area (TPSA) is 101 Å². The van der Waals surface area contributed by atoms with Crippen LogP contribution in [-0.2, 0) is 14.2 Å². The smallest absolute Gasteiger partial charge is 0.409 e. The molecule has 7 aliphatic rings. The summed E-state index contributed by atoms with van der Waals surface area (Å²) in [5.74, 6) is 1.70. The summed E-state index contributed by atoms with van der Waals surface area (Å²) in [7, 11) is 3.44. The molecule has 0 bridgehead atoms. The van der Waals surface area contributed by atoms with Gasteiger partial charge in [-0.2, -0.15) is 0 Å². The number of carbonyl (C=O) groups excluding carboxylic acids is 2. The molecule has 0 aromatic carbocycles. The Morgan fingerprint density at radius 1 is 1.02 bits per heavy atom. The molecule has 2 amide bonds. The second-order valence-electron chi connectivity index (χ2n) is 19.1. The van der Waals surface area contributed by atoms with Gasteiger partial charge in [-0.15, -0.1) is 0 Å². The van der Waals surface area contributed by atoms with E-state index in [9.17, 15) is 14.7 Å². The number of hydrogen-bond acceptors (Lipinski definition) is 7. The molecular formula is C39H65N3O6. The molecule has 9 nitrogen and oxygen atoms in total. The van der Waals surface area contributed by atoms with Crippen molar-refractivity contribution in [1.29, 1.82) is 0 Å². The summed E-state index contributed by atoms with van der Waals surface area (Å²) in [5, 5.41) is 15.7. The van der Waals surface area contributed by atoms with Crippen LogP contribution in [0.25, 0.3) is 0 Å². The Hall–Kier alpha value is -1.58. The van der Waals surface area contributed by atoms with Crippen LogP contribution in [0.5, 0.6) is 0 Å². The highest BCUT2D eigenvalue weighted by atomic mass is 16.6. The molecule has 5 saturated carbocycles. The lowest BCUT2D eigenvalue weighted by Gasteiger charge is -2.63. The minimum atomic E-state index is -0.557. The van der Waals surface area contributed by atoms with Gasteiger partial charge in [-0.3, -0.25) is 4.90 Å². The number of amides is 2. The van der Waals surface area contributed by atoms with Gasteiger partial charge in [-0.1, -0.05) is 55.4 Å². The zero-order valence-electron chi connectivity index (χ0n) is 31.5. The molecule has 8 unspecified atom stereocenters. The van der Waals surface area contributed by atoms with Crippen molar-refractivity contribution in [2.45, 2.75) is 143 Å². The van der Waals surface area contributed by atoms with Crippen LogP contribution >= 0.6 is 0 Å². The first-order valence-corrected chi connectivity index (χ1v) is 19.4. The molecule has 2 spiro atoms. The van der Waals surface area contributed by atoms with E-state index in [0.717, 1.165) is 58.2 Å². The first kappa shape index (κ1) is 34.9. The number of likely N-dealkylation sites (N-methyl/N-ethyl adjacent to an activating group) is 1. The van der Waals surface area contributed by atoms with Crippen molar-refractivity contribution >= 4 is 12.2 Å². The third kappa shape index (κ3) is 4.63. The number of aliphatic hydroxyl groups is 1. The normalized spacial score (nSPS) is 48.1. The summed E-state index contributed by atoms with van der Waals surface area (Å²) in [5.41, 5.74) is 0.136. The number of likely N-dealkylation sites (tertiary alicyclic amines) is 1. The molecule has 0 aromatic heterocycles. The van der Waals surface area contributed by atoms with Gasteiger partial charge >= 0.3 is 12.2 Å². The van der Waals surface area contributed by atoms with Crippen molar-refractivity contribution in [1.82, 2.24) is 15.1 Å². The Kier molecular flexibility index (Phi) is 8.32. The van der Waals surface area contributed by atoms with Gasteiger partial charge in [-0.25, -0.2) is 9.59 Å². The predicted molar refractivity (Wildman–Crippen MR) is 184 cm³/mol. The first-order chi connectivity index (χ1) is 22.5. The molecule has 272 valence electrons. The van der Waals surface area contributed by atoms with Gasteiger partial charge in [0, 0.05) is 38.0 Å². The quantitative estimate of drug-likeness (QED) is 0.341. The van der Waals surface area contributed by atoms with Crippen molar-refractivity contribution in [2.24, 2.45) is 56.7 Å². The number of nitrogens with zero attached hydrogens (tertiary/aromatic N) is 2. The minimum Gasteiger partial charge on any atom is -0.446 e. The Morgan fingerprint density at radius 2 is 1.69 bits per heavy atom. The summed E-state index contributed by atoms with van der Waals surface area (Å²) < 4.78 is 19.2. The molecule has 13 atom stereocenters. The molecule has 2 saturated heterocycles. The maximum absolute atomic E-state index is 13.0. The summed E-state index contributed by atoms with van der Waals surface area (Å²) >= 11 is 0. The SMILES string of the molecule is CCN1CC(NC(=O)OC2CCC34CC35CCC3(C)[C@@H]6C(OC(C(OC(=O)N(C)C)C(C)C)C[C@H]6C)[C@H](O)[C@@]3(C)C5CC[C@H]4C2(C)C)C1. The second kappa shape index (κ2) is 11.5. The number of aliphatic hydroxyl groups excluding tert-OH is 1. The molecule has 2 N–H and O–H groups in total. The van der Waals surface area contributed by atoms with Crippen LogP contribution in [-0.4, -0.2) is 97.4 Å².